The Morgan fingerprint density at radius 2 is 1.89 bits per heavy atom. The van der Waals surface area contributed by atoms with Crippen molar-refractivity contribution in [2.75, 3.05) is 0 Å². The smallest absolute Gasteiger partial charge is 0.205 e. The van der Waals surface area contributed by atoms with Gasteiger partial charge in [-0.2, -0.15) is 10.5 Å². The van der Waals surface area contributed by atoms with E-state index in [9.17, 15) is 0 Å². The molecule has 0 saturated heterocycles. The van der Waals surface area contributed by atoms with Gasteiger partial charge in [-0.05, 0) is 30.7 Å². The second-order valence-electron chi connectivity index (χ2n) is 3.97. The highest BCUT2D eigenvalue weighted by atomic mass is 14.7. The molecule has 0 radical (unpaired) electrons. The maximum Gasteiger partial charge on any atom is 0.205 e. The van der Waals surface area contributed by atoms with Crippen LogP contribution in [0.15, 0.2) is 30.5 Å². The first kappa shape index (κ1) is 12.3. The molecular weight excluding hydrogens is 236 g/mol. The molecule has 0 aliphatic heterocycles. The van der Waals surface area contributed by atoms with E-state index in [1.54, 1.807) is 18.3 Å². The fourth-order valence-electron chi connectivity index (χ4n) is 1.70. The largest absolute Gasteiger partial charge is 0.256 e. The number of hydrogen-bond acceptors (Lipinski definition) is 3. The van der Waals surface area contributed by atoms with E-state index in [0.717, 1.165) is 5.56 Å². The monoisotopic (exact) mass is 244 g/mol. The molecule has 2 aromatic rings. The van der Waals surface area contributed by atoms with E-state index in [4.69, 9.17) is 17.1 Å². The summed E-state index contributed by atoms with van der Waals surface area (Å²) in [7, 11) is 0. The Kier molecular flexibility index (Phi) is 3.24. The molecule has 2 rings (SSSR count). The predicted molar refractivity (Wildman–Crippen MR) is 70.1 cm³/mol. The molecule has 0 N–H and O–H groups in total. The molecule has 0 amide bonds. The summed E-state index contributed by atoms with van der Waals surface area (Å²) in [5, 5.41) is 18.1. The van der Waals surface area contributed by atoms with E-state index in [2.05, 4.69) is 9.83 Å². The Morgan fingerprint density at radius 3 is 2.42 bits per heavy atom. The van der Waals surface area contributed by atoms with Crippen molar-refractivity contribution >= 4 is 5.69 Å². The van der Waals surface area contributed by atoms with Gasteiger partial charge >= 0.3 is 0 Å². The van der Waals surface area contributed by atoms with Gasteiger partial charge in [0, 0.05) is 11.8 Å². The maximum absolute atomic E-state index is 9.15. The number of aryl methyl sites for hydroxylation is 1. The highest BCUT2D eigenvalue weighted by molar-refractivity contribution is 5.76. The lowest BCUT2D eigenvalue weighted by atomic mass is 10.00. The van der Waals surface area contributed by atoms with E-state index in [1.165, 1.54) is 6.07 Å². The van der Waals surface area contributed by atoms with Crippen molar-refractivity contribution in [2.45, 2.75) is 6.92 Å². The first-order valence-electron chi connectivity index (χ1n) is 5.48. The van der Waals surface area contributed by atoms with Gasteiger partial charge in [0.1, 0.15) is 0 Å². The minimum absolute atomic E-state index is 0.211. The van der Waals surface area contributed by atoms with Crippen molar-refractivity contribution in [1.82, 2.24) is 4.98 Å². The summed E-state index contributed by atoms with van der Waals surface area (Å²) in [6, 6.07) is 10.6. The molecule has 0 saturated carbocycles. The van der Waals surface area contributed by atoms with E-state index >= 15 is 0 Å². The first-order chi connectivity index (χ1) is 9.19. The molecule has 1 aromatic carbocycles. The van der Waals surface area contributed by atoms with Gasteiger partial charge in [0.25, 0.3) is 0 Å². The number of aromatic nitrogens is 1. The summed E-state index contributed by atoms with van der Waals surface area (Å²) in [5.74, 6) is 0. The van der Waals surface area contributed by atoms with Gasteiger partial charge in [-0.15, -0.1) is 0 Å². The van der Waals surface area contributed by atoms with Crippen molar-refractivity contribution < 1.29 is 0 Å². The summed E-state index contributed by atoms with van der Waals surface area (Å²) in [6.07, 6.45) is 1.70. The zero-order valence-corrected chi connectivity index (χ0v) is 10.2. The molecule has 0 spiro atoms. The van der Waals surface area contributed by atoms with Crippen LogP contribution in [-0.4, -0.2) is 4.98 Å². The van der Waals surface area contributed by atoms with Gasteiger partial charge in [0.2, 0.25) is 5.69 Å². The third-order valence-electron chi connectivity index (χ3n) is 2.68. The molecular formula is C15H8N4. The van der Waals surface area contributed by atoms with E-state index < -0.39 is 0 Å². The van der Waals surface area contributed by atoms with Crippen molar-refractivity contribution in [3.05, 3.63) is 58.6 Å². The Labute approximate surface area is 111 Å². The number of hydrogen-bond donors (Lipinski definition) is 0. The summed E-state index contributed by atoms with van der Waals surface area (Å²) in [4.78, 5) is 7.56. The molecule has 0 fully saturated rings. The van der Waals surface area contributed by atoms with Gasteiger partial charge in [-0.25, -0.2) is 4.85 Å². The molecule has 88 valence electrons. The van der Waals surface area contributed by atoms with Gasteiger partial charge < -0.3 is 0 Å². The highest BCUT2D eigenvalue weighted by Gasteiger charge is 2.12. The second kappa shape index (κ2) is 5.00. The highest BCUT2D eigenvalue weighted by Crippen LogP contribution is 2.29. The minimum Gasteiger partial charge on any atom is -0.256 e. The standard InChI is InChI=1S/C15H8N4/c1-10-3-4-14(19-9-10)13-6-15(18-2)12(8-17)5-11(13)7-16/h3-6,9H,1H3. The summed E-state index contributed by atoms with van der Waals surface area (Å²) in [6.45, 7) is 9.00. The van der Waals surface area contributed by atoms with Crippen LogP contribution in [0.2, 0.25) is 0 Å². The second-order valence-corrected chi connectivity index (χ2v) is 3.97. The summed E-state index contributed by atoms with van der Waals surface area (Å²) >= 11 is 0. The topological polar surface area (TPSA) is 64.8 Å². The van der Waals surface area contributed by atoms with E-state index in [1.807, 2.05) is 25.1 Å². The lowest BCUT2D eigenvalue weighted by molar-refractivity contribution is 1.27. The summed E-state index contributed by atoms with van der Waals surface area (Å²) < 4.78 is 0. The van der Waals surface area contributed by atoms with Crippen molar-refractivity contribution in [3.8, 4) is 23.4 Å². The average Bonchev–Trinajstić information content (AvgIpc) is 2.46. The normalized spacial score (nSPS) is 9.16. The van der Waals surface area contributed by atoms with Gasteiger partial charge in [-0.1, -0.05) is 6.07 Å². The Balaban J connectivity index is 2.71. The molecule has 1 heterocycles. The molecule has 1 aromatic heterocycles. The zero-order chi connectivity index (χ0) is 13.8. The van der Waals surface area contributed by atoms with E-state index in [-0.39, 0.29) is 11.3 Å². The van der Waals surface area contributed by atoms with Crippen LogP contribution in [0.25, 0.3) is 16.1 Å². The molecule has 0 bridgehead atoms. The fraction of sp³-hybridized carbons (Fsp3) is 0.0667. The molecule has 0 aliphatic rings. The van der Waals surface area contributed by atoms with Crippen LogP contribution >= 0.6 is 0 Å². The number of nitriles is 2. The van der Waals surface area contributed by atoms with Crippen LogP contribution < -0.4 is 0 Å². The maximum atomic E-state index is 9.15. The minimum atomic E-state index is 0.211. The molecule has 4 heteroatoms. The van der Waals surface area contributed by atoms with Crippen LogP contribution in [0.5, 0.6) is 0 Å². The van der Waals surface area contributed by atoms with Crippen LogP contribution in [0.3, 0.4) is 0 Å². The molecule has 0 atom stereocenters. The Morgan fingerprint density at radius 1 is 1.16 bits per heavy atom. The molecule has 19 heavy (non-hydrogen) atoms. The zero-order valence-electron chi connectivity index (χ0n) is 10.2. The Hall–Kier alpha value is -3.16. The predicted octanol–water partition coefficient (Wildman–Crippen LogP) is 3.35. The molecule has 4 nitrogen and oxygen atoms in total. The van der Waals surface area contributed by atoms with Gasteiger partial charge in [-0.3, -0.25) is 4.98 Å². The van der Waals surface area contributed by atoms with Crippen molar-refractivity contribution in [1.29, 1.82) is 10.5 Å². The van der Waals surface area contributed by atoms with Crippen LogP contribution in [0.4, 0.5) is 5.69 Å². The van der Waals surface area contributed by atoms with Gasteiger partial charge in [0.05, 0.1) is 35.5 Å². The SMILES string of the molecule is [C-]#[N+]c1cc(-c2ccc(C)cn2)c(C#N)cc1C#N. The van der Waals surface area contributed by atoms with Crippen LogP contribution in [0.1, 0.15) is 16.7 Å². The quantitative estimate of drug-likeness (QED) is 0.722. The molecule has 0 aliphatic carbocycles. The fourth-order valence-corrected chi connectivity index (χ4v) is 1.70. The van der Waals surface area contributed by atoms with Crippen LogP contribution in [-0.2, 0) is 0 Å². The lowest BCUT2D eigenvalue weighted by Crippen LogP contribution is -1.90. The molecule has 0 unspecified atom stereocenters. The lowest BCUT2D eigenvalue weighted by Gasteiger charge is -2.06. The third-order valence-corrected chi connectivity index (χ3v) is 2.68. The third kappa shape index (κ3) is 2.27. The first-order valence-corrected chi connectivity index (χ1v) is 5.48. The number of pyridine rings is 1. The van der Waals surface area contributed by atoms with Crippen LogP contribution in [0, 0.1) is 36.2 Å². The number of benzene rings is 1. The average molecular weight is 244 g/mol. The summed E-state index contributed by atoms with van der Waals surface area (Å²) in [5.41, 5.74) is 3.01. The van der Waals surface area contributed by atoms with E-state index in [0.29, 0.717) is 16.8 Å². The van der Waals surface area contributed by atoms with Gasteiger partial charge in [0.15, 0.2) is 0 Å². The number of nitrogens with zero attached hydrogens (tertiary/aromatic N) is 4. The Bertz CT molecular complexity index is 753. The van der Waals surface area contributed by atoms with Crippen molar-refractivity contribution in [2.24, 2.45) is 0 Å². The van der Waals surface area contributed by atoms with Crippen molar-refractivity contribution in [3.63, 3.8) is 0 Å². The number of rotatable bonds is 1.